The van der Waals surface area contributed by atoms with Gasteiger partial charge in [-0.25, -0.2) is 9.18 Å². The largest absolute Gasteiger partial charge is 0.462 e. The van der Waals surface area contributed by atoms with Crippen LogP contribution in [0.25, 0.3) is 17.2 Å². The van der Waals surface area contributed by atoms with Crippen LogP contribution in [-0.2, 0) is 9.53 Å². The quantitative estimate of drug-likeness (QED) is 0.619. The number of esters is 1. The van der Waals surface area contributed by atoms with Crippen LogP contribution < -0.4 is 10.6 Å². The number of hydrogen-bond acceptors (Lipinski definition) is 4. The number of hydrogen-bond donors (Lipinski definition) is 2. The third-order valence-corrected chi connectivity index (χ3v) is 8.14. The lowest BCUT2D eigenvalue weighted by atomic mass is 9.57. The number of aromatic nitrogens is 1. The summed E-state index contributed by atoms with van der Waals surface area (Å²) in [5.41, 5.74) is 2.49. The summed E-state index contributed by atoms with van der Waals surface area (Å²) < 4.78 is 19.3. The van der Waals surface area contributed by atoms with E-state index in [2.05, 4.69) is 21.7 Å². The summed E-state index contributed by atoms with van der Waals surface area (Å²) in [5, 5.41) is 5.70. The van der Waals surface area contributed by atoms with Crippen molar-refractivity contribution < 1.29 is 18.7 Å². The van der Waals surface area contributed by atoms with Crippen LogP contribution in [0.1, 0.15) is 38.3 Å². The van der Waals surface area contributed by atoms with Crippen molar-refractivity contribution in [3.8, 4) is 11.1 Å². The van der Waals surface area contributed by atoms with Gasteiger partial charge < -0.3 is 15.4 Å². The monoisotopic (exact) mass is 477 g/mol. The zero-order valence-corrected chi connectivity index (χ0v) is 20.1. The Balaban J connectivity index is 1.36. The minimum absolute atomic E-state index is 0.0849. The topological polar surface area (TPSA) is 80.3 Å². The Kier molecular flexibility index (Phi) is 6.58. The summed E-state index contributed by atoms with van der Waals surface area (Å²) in [6, 6.07) is 10.4. The Morgan fingerprint density at radius 3 is 2.77 bits per heavy atom. The molecule has 5 rings (SSSR count). The van der Waals surface area contributed by atoms with Gasteiger partial charge in [-0.05, 0) is 80.2 Å². The lowest BCUT2D eigenvalue weighted by molar-refractivity contribution is -0.144. The molecule has 2 heterocycles. The first-order chi connectivity index (χ1) is 16.9. The number of allylic oxidation sites excluding steroid dienone is 1. The predicted molar refractivity (Wildman–Crippen MR) is 132 cm³/mol. The molecule has 184 valence electrons. The van der Waals surface area contributed by atoms with Gasteiger partial charge in [0.1, 0.15) is 11.9 Å². The van der Waals surface area contributed by atoms with Crippen molar-refractivity contribution in [3.63, 3.8) is 0 Å². The highest BCUT2D eigenvalue weighted by Gasteiger charge is 2.54. The van der Waals surface area contributed by atoms with E-state index in [4.69, 9.17) is 4.74 Å². The van der Waals surface area contributed by atoms with E-state index in [1.54, 1.807) is 19.3 Å². The number of pyridine rings is 1. The van der Waals surface area contributed by atoms with Crippen molar-refractivity contribution in [2.45, 2.75) is 44.8 Å². The van der Waals surface area contributed by atoms with Gasteiger partial charge in [-0.1, -0.05) is 24.3 Å². The molecule has 3 aliphatic rings. The van der Waals surface area contributed by atoms with Crippen molar-refractivity contribution >= 4 is 18.1 Å². The number of ether oxygens (including phenoxy) is 1. The average molecular weight is 478 g/mol. The van der Waals surface area contributed by atoms with Crippen molar-refractivity contribution in [2.24, 2.45) is 29.6 Å². The van der Waals surface area contributed by atoms with E-state index >= 15 is 0 Å². The SMILES string of the molecule is CNC(=O)N[C@@H]1CC[C@@H]2[C@@H](C1)C[C@H]1C(=O)O[C@H](C)[C@H]1[C@H]2/C=C/c1ccc(-c2cccc(F)c2)cn1. The standard InChI is InChI=1S/C28H32FN3O3/c1-16-26-24(11-8-21-7-6-18(15-31-21)17-4-3-5-20(29)12-17)23-10-9-22(32-28(34)30-2)13-19(23)14-25(26)27(33)35-16/h3-8,11-12,15-16,19,22-26H,9-10,13-14H2,1-2H3,(H2,30,32,34)/b11-8+/t16-,19+,22-,23-,24+,25-,26+/m1/s1. The molecule has 2 amide bonds. The maximum absolute atomic E-state index is 13.6. The lowest BCUT2D eigenvalue weighted by Gasteiger charge is -2.47. The molecule has 1 aromatic heterocycles. The molecule has 1 saturated heterocycles. The summed E-state index contributed by atoms with van der Waals surface area (Å²) in [4.78, 5) is 29.1. The number of carbonyl (C=O) groups excluding carboxylic acids is 2. The summed E-state index contributed by atoms with van der Waals surface area (Å²) >= 11 is 0. The molecular weight excluding hydrogens is 445 g/mol. The Morgan fingerprint density at radius 1 is 1.17 bits per heavy atom. The minimum atomic E-state index is -0.268. The first kappa shape index (κ1) is 23.5. The van der Waals surface area contributed by atoms with Crippen LogP contribution in [0.4, 0.5) is 9.18 Å². The number of carbonyl (C=O) groups is 2. The number of nitrogens with zero attached hydrogens (tertiary/aromatic N) is 1. The predicted octanol–water partition coefficient (Wildman–Crippen LogP) is 4.81. The number of benzene rings is 1. The number of nitrogens with one attached hydrogen (secondary N) is 2. The van der Waals surface area contributed by atoms with Gasteiger partial charge in [-0.15, -0.1) is 0 Å². The Labute approximate surface area is 205 Å². The molecule has 0 bridgehead atoms. The maximum Gasteiger partial charge on any atom is 0.314 e. The van der Waals surface area contributed by atoms with Crippen LogP contribution in [0.3, 0.4) is 0 Å². The van der Waals surface area contributed by atoms with E-state index in [1.807, 2.05) is 31.2 Å². The van der Waals surface area contributed by atoms with E-state index < -0.39 is 0 Å². The van der Waals surface area contributed by atoms with Gasteiger partial charge in [0.05, 0.1) is 11.6 Å². The van der Waals surface area contributed by atoms with Crippen molar-refractivity contribution in [1.82, 2.24) is 15.6 Å². The van der Waals surface area contributed by atoms with Crippen LogP contribution in [0, 0.1) is 35.4 Å². The summed E-state index contributed by atoms with van der Waals surface area (Å²) in [6.07, 6.45) is 9.58. The second kappa shape index (κ2) is 9.80. The zero-order chi connectivity index (χ0) is 24.5. The van der Waals surface area contributed by atoms with Crippen molar-refractivity contribution in [3.05, 3.63) is 60.2 Å². The number of cyclic esters (lactones) is 1. The van der Waals surface area contributed by atoms with Gasteiger partial charge in [0.25, 0.3) is 0 Å². The highest BCUT2D eigenvalue weighted by Crippen LogP contribution is 2.53. The molecule has 3 fully saturated rings. The summed E-state index contributed by atoms with van der Waals surface area (Å²) in [5.74, 6) is 0.736. The van der Waals surface area contributed by atoms with Crippen LogP contribution in [0.2, 0.25) is 0 Å². The van der Waals surface area contributed by atoms with E-state index in [9.17, 15) is 14.0 Å². The van der Waals surface area contributed by atoms with E-state index in [0.29, 0.717) is 11.8 Å². The Morgan fingerprint density at radius 2 is 2.03 bits per heavy atom. The maximum atomic E-state index is 13.6. The van der Waals surface area contributed by atoms with Gasteiger partial charge in [-0.3, -0.25) is 9.78 Å². The fourth-order valence-corrected chi connectivity index (χ4v) is 6.56. The third-order valence-electron chi connectivity index (χ3n) is 8.14. The number of rotatable bonds is 4. The second-order valence-corrected chi connectivity index (χ2v) is 10.1. The molecule has 35 heavy (non-hydrogen) atoms. The van der Waals surface area contributed by atoms with Crippen molar-refractivity contribution in [1.29, 1.82) is 0 Å². The van der Waals surface area contributed by atoms with Gasteiger partial charge >= 0.3 is 12.0 Å². The molecule has 2 N–H and O–H groups in total. The normalized spacial score (nSPS) is 32.0. The molecule has 2 saturated carbocycles. The highest BCUT2D eigenvalue weighted by molar-refractivity contribution is 5.76. The van der Waals surface area contributed by atoms with Crippen LogP contribution in [0.15, 0.2) is 48.7 Å². The lowest BCUT2D eigenvalue weighted by Crippen LogP contribution is -2.49. The Hall–Kier alpha value is -3.22. The molecule has 7 atom stereocenters. The first-order valence-corrected chi connectivity index (χ1v) is 12.5. The molecule has 6 nitrogen and oxygen atoms in total. The number of amides is 2. The van der Waals surface area contributed by atoms with Crippen LogP contribution in [0.5, 0.6) is 0 Å². The molecule has 1 aromatic carbocycles. The van der Waals surface area contributed by atoms with Crippen molar-refractivity contribution in [2.75, 3.05) is 7.05 Å². The first-order valence-electron chi connectivity index (χ1n) is 12.5. The number of halogens is 1. The van der Waals surface area contributed by atoms with Crippen LogP contribution >= 0.6 is 0 Å². The smallest absolute Gasteiger partial charge is 0.314 e. The molecule has 2 aromatic rings. The number of urea groups is 1. The third kappa shape index (κ3) is 4.81. The fraction of sp³-hybridized carbons (Fsp3) is 0.464. The molecule has 0 unspecified atom stereocenters. The van der Waals surface area contributed by atoms with E-state index in [0.717, 1.165) is 42.5 Å². The Bertz CT molecular complexity index is 1120. The van der Waals surface area contributed by atoms with Gasteiger partial charge in [0.15, 0.2) is 0 Å². The zero-order valence-electron chi connectivity index (χ0n) is 20.1. The number of fused-ring (bicyclic) bond motifs is 2. The molecular formula is C28H32FN3O3. The molecule has 2 aliphatic carbocycles. The summed E-state index contributed by atoms with van der Waals surface area (Å²) in [7, 11) is 1.63. The minimum Gasteiger partial charge on any atom is -0.462 e. The van der Waals surface area contributed by atoms with Crippen LogP contribution in [-0.4, -0.2) is 36.2 Å². The van der Waals surface area contributed by atoms with Gasteiger partial charge in [-0.2, -0.15) is 0 Å². The second-order valence-electron chi connectivity index (χ2n) is 10.1. The van der Waals surface area contributed by atoms with E-state index in [-0.39, 0.29) is 47.7 Å². The molecule has 7 heteroatoms. The highest BCUT2D eigenvalue weighted by atomic mass is 19.1. The molecule has 0 spiro atoms. The van der Waals surface area contributed by atoms with E-state index in [1.165, 1.54) is 12.1 Å². The van der Waals surface area contributed by atoms with Gasteiger partial charge in [0, 0.05) is 30.8 Å². The van der Waals surface area contributed by atoms with Gasteiger partial charge in [0.2, 0.25) is 0 Å². The summed E-state index contributed by atoms with van der Waals surface area (Å²) in [6.45, 7) is 2.01. The molecule has 1 aliphatic heterocycles. The molecule has 0 radical (unpaired) electrons. The fourth-order valence-electron chi connectivity index (χ4n) is 6.56. The average Bonchev–Trinajstić information content (AvgIpc) is 3.14.